The molecule has 0 N–H and O–H groups in total. The molecule has 1 spiro atoms. The molecule has 4 rings (SSSR count). The summed E-state index contributed by atoms with van der Waals surface area (Å²) in [5, 5.41) is 3.84. The van der Waals surface area contributed by atoms with Crippen molar-refractivity contribution in [3.8, 4) is 0 Å². The van der Waals surface area contributed by atoms with Gasteiger partial charge in [-0.2, -0.15) is 4.98 Å². The first-order valence-corrected chi connectivity index (χ1v) is 9.14. The molecule has 2 aliphatic heterocycles. The second-order valence-electron chi connectivity index (χ2n) is 7.59. The lowest BCUT2D eigenvalue weighted by molar-refractivity contribution is -0.134. The molecule has 1 aromatic heterocycles. The van der Waals surface area contributed by atoms with E-state index in [4.69, 9.17) is 9.26 Å². The Morgan fingerprint density at radius 3 is 2.59 bits per heavy atom. The molecule has 2 amide bonds. The molecule has 2 fully saturated rings. The van der Waals surface area contributed by atoms with Crippen molar-refractivity contribution in [2.24, 2.45) is 5.41 Å². The summed E-state index contributed by atoms with van der Waals surface area (Å²) in [4.78, 5) is 32.6. The quantitative estimate of drug-likeness (QED) is 0.762. The Morgan fingerprint density at radius 2 is 1.97 bits per heavy atom. The van der Waals surface area contributed by atoms with Crippen molar-refractivity contribution >= 4 is 11.8 Å². The SMILES string of the molecule is COCC(=O)N1CC(c2nc(C)no2)C2(C1)CN(C(=O)c1ccc(F)c(F)c1)C2. The summed E-state index contributed by atoms with van der Waals surface area (Å²) >= 11 is 0. The summed E-state index contributed by atoms with van der Waals surface area (Å²) in [6.07, 6.45) is 0. The number of hydrogen-bond acceptors (Lipinski definition) is 6. The number of aromatic nitrogens is 2. The van der Waals surface area contributed by atoms with Crippen molar-refractivity contribution in [2.45, 2.75) is 12.8 Å². The average molecular weight is 406 g/mol. The Hall–Kier alpha value is -2.88. The molecule has 1 aromatic carbocycles. The predicted molar refractivity (Wildman–Crippen MR) is 94.9 cm³/mol. The number of benzene rings is 1. The first-order chi connectivity index (χ1) is 13.8. The van der Waals surface area contributed by atoms with Gasteiger partial charge in [0.1, 0.15) is 6.61 Å². The van der Waals surface area contributed by atoms with Crippen LogP contribution in [0.4, 0.5) is 8.78 Å². The molecule has 8 nitrogen and oxygen atoms in total. The van der Waals surface area contributed by atoms with Crippen LogP contribution >= 0.6 is 0 Å². The topological polar surface area (TPSA) is 88.8 Å². The maximum Gasteiger partial charge on any atom is 0.254 e. The van der Waals surface area contributed by atoms with Crippen molar-refractivity contribution in [1.29, 1.82) is 0 Å². The van der Waals surface area contributed by atoms with Crippen LogP contribution in [0.5, 0.6) is 0 Å². The first-order valence-electron chi connectivity index (χ1n) is 9.14. The van der Waals surface area contributed by atoms with Crippen molar-refractivity contribution in [1.82, 2.24) is 19.9 Å². The lowest BCUT2D eigenvalue weighted by atomic mass is 9.71. The standard InChI is InChI=1S/C19H20F2N4O4/c1-11-22-17(29-23-11)13-6-24(16(26)7-28-2)8-19(13)9-25(10-19)18(27)12-3-4-14(20)15(21)5-12/h3-5,13H,6-10H2,1-2H3. The largest absolute Gasteiger partial charge is 0.375 e. The molecule has 0 bridgehead atoms. The second-order valence-corrected chi connectivity index (χ2v) is 7.59. The molecule has 2 aliphatic rings. The van der Waals surface area contributed by atoms with Gasteiger partial charge in [0, 0.05) is 44.3 Å². The number of likely N-dealkylation sites (tertiary alicyclic amines) is 2. The van der Waals surface area contributed by atoms with Crippen LogP contribution in [0.15, 0.2) is 22.7 Å². The molecule has 2 saturated heterocycles. The van der Waals surface area contributed by atoms with Gasteiger partial charge in [-0.05, 0) is 25.1 Å². The van der Waals surface area contributed by atoms with E-state index in [-0.39, 0.29) is 24.0 Å². The van der Waals surface area contributed by atoms with Gasteiger partial charge in [-0.3, -0.25) is 9.59 Å². The van der Waals surface area contributed by atoms with Crippen LogP contribution in [0.3, 0.4) is 0 Å². The summed E-state index contributed by atoms with van der Waals surface area (Å²) in [5.41, 5.74) is -0.356. The van der Waals surface area contributed by atoms with E-state index in [1.165, 1.54) is 13.2 Å². The van der Waals surface area contributed by atoms with Crippen LogP contribution in [0, 0.1) is 24.0 Å². The highest BCUT2D eigenvalue weighted by Gasteiger charge is 2.58. The zero-order valence-electron chi connectivity index (χ0n) is 16.0. The van der Waals surface area contributed by atoms with E-state index in [0.29, 0.717) is 37.9 Å². The zero-order valence-corrected chi connectivity index (χ0v) is 16.0. The molecule has 0 saturated carbocycles. The highest BCUT2D eigenvalue weighted by atomic mass is 19.2. The van der Waals surface area contributed by atoms with Crippen molar-refractivity contribution in [3.05, 3.63) is 47.1 Å². The molecule has 1 unspecified atom stereocenters. The van der Waals surface area contributed by atoms with Gasteiger partial charge in [-0.15, -0.1) is 0 Å². The van der Waals surface area contributed by atoms with Crippen LogP contribution in [-0.2, 0) is 9.53 Å². The average Bonchev–Trinajstić information content (AvgIpc) is 3.26. The van der Waals surface area contributed by atoms with E-state index in [1.54, 1.807) is 16.7 Å². The Kier molecular flexibility index (Phi) is 4.81. The normalized spacial score (nSPS) is 20.2. The van der Waals surface area contributed by atoms with Crippen LogP contribution < -0.4 is 0 Å². The summed E-state index contributed by atoms with van der Waals surface area (Å²) in [5.74, 6) is -1.92. The molecule has 2 aromatic rings. The Balaban J connectivity index is 1.54. The maximum absolute atomic E-state index is 13.5. The van der Waals surface area contributed by atoms with Crippen molar-refractivity contribution in [2.75, 3.05) is 39.9 Å². The van der Waals surface area contributed by atoms with E-state index in [0.717, 1.165) is 12.1 Å². The number of nitrogens with zero attached hydrogens (tertiary/aromatic N) is 4. The maximum atomic E-state index is 13.5. The third-order valence-corrected chi connectivity index (χ3v) is 5.58. The third kappa shape index (κ3) is 3.37. The van der Waals surface area contributed by atoms with E-state index in [2.05, 4.69) is 10.1 Å². The minimum Gasteiger partial charge on any atom is -0.375 e. The number of amides is 2. The number of methoxy groups -OCH3 is 1. The summed E-state index contributed by atoms with van der Waals surface area (Å²) < 4.78 is 36.9. The zero-order chi connectivity index (χ0) is 20.8. The number of rotatable bonds is 4. The van der Waals surface area contributed by atoms with E-state index < -0.39 is 23.0 Å². The smallest absolute Gasteiger partial charge is 0.254 e. The van der Waals surface area contributed by atoms with E-state index in [9.17, 15) is 18.4 Å². The van der Waals surface area contributed by atoms with Crippen LogP contribution in [0.25, 0.3) is 0 Å². The molecule has 154 valence electrons. The van der Waals surface area contributed by atoms with Gasteiger partial charge in [-0.25, -0.2) is 8.78 Å². The van der Waals surface area contributed by atoms with Gasteiger partial charge in [0.2, 0.25) is 11.8 Å². The molecule has 3 heterocycles. The number of halogens is 2. The van der Waals surface area contributed by atoms with Gasteiger partial charge < -0.3 is 19.1 Å². The van der Waals surface area contributed by atoms with Crippen LogP contribution in [0.1, 0.15) is 28.0 Å². The summed E-state index contributed by atoms with van der Waals surface area (Å²) in [6, 6.07) is 3.08. The molecule has 29 heavy (non-hydrogen) atoms. The molecule has 0 radical (unpaired) electrons. The van der Waals surface area contributed by atoms with Crippen LogP contribution in [0.2, 0.25) is 0 Å². The Morgan fingerprint density at radius 1 is 1.24 bits per heavy atom. The highest BCUT2D eigenvalue weighted by Crippen LogP contribution is 2.49. The number of carbonyl (C=O) groups is 2. The lowest BCUT2D eigenvalue weighted by Gasteiger charge is -2.50. The Bertz CT molecular complexity index is 957. The fourth-order valence-corrected chi connectivity index (χ4v) is 4.16. The number of carbonyl (C=O) groups excluding carboxylic acids is 2. The van der Waals surface area contributed by atoms with E-state index in [1.807, 2.05) is 0 Å². The van der Waals surface area contributed by atoms with Crippen LogP contribution in [-0.4, -0.2) is 71.7 Å². The fraction of sp³-hybridized carbons (Fsp3) is 0.474. The molecule has 1 atom stereocenters. The van der Waals surface area contributed by atoms with Crippen molar-refractivity contribution < 1.29 is 27.6 Å². The molecular weight excluding hydrogens is 386 g/mol. The Labute approximate surface area is 165 Å². The van der Waals surface area contributed by atoms with Gasteiger partial charge in [0.25, 0.3) is 5.91 Å². The number of hydrogen-bond donors (Lipinski definition) is 0. The summed E-state index contributed by atoms with van der Waals surface area (Å²) in [7, 11) is 1.45. The minimum absolute atomic E-state index is 0.0385. The predicted octanol–water partition coefficient (Wildman–Crippen LogP) is 1.37. The lowest BCUT2D eigenvalue weighted by Crippen LogP contribution is -2.61. The van der Waals surface area contributed by atoms with Gasteiger partial charge >= 0.3 is 0 Å². The summed E-state index contributed by atoms with van der Waals surface area (Å²) in [6.45, 7) is 3.16. The van der Waals surface area contributed by atoms with Gasteiger partial charge in [0.15, 0.2) is 17.5 Å². The molecular formula is C19H20F2N4O4. The molecule has 10 heteroatoms. The first kappa shape index (κ1) is 19.4. The monoisotopic (exact) mass is 406 g/mol. The highest BCUT2D eigenvalue weighted by molar-refractivity contribution is 5.95. The second kappa shape index (κ2) is 7.18. The third-order valence-electron chi connectivity index (χ3n) is 5.58. The minimum atomic E-state index is -1.07. The number of aryl methyl sites for hydroxylation is 1. The van der Waals surface area contributed by atoms with Gasteiger partial charge in [-0.1, -0.05) is 5.16 Å². The fourth-order valence-electron chi connectivity index (χ4n) is 4.16. The van der Waals surface area contributed by atoms with E-state index >= 15 is 0 Å². The van der Waals surface area contributed by atoms with Crippen molar-refractivity contribution in [3.63, 3.8) is 0 Å². The molecule has 0 aliphatic carbocycles. The number of ether oxygens (including phenoxy) is 1. The van der Waals surface area contributed by atoms with Gasteiger partial charge in [0.05, 0.1) is 5.92 Å².